The second-order valence-corrected chi connectivity index (χ2v) is 3.59. The van der Waals surface area contributed by atoms with Crippen molar-refractivity contribution in [1.82, 2.24) is 20.8 Å². The topological polar surface area (TPSA) is 89.3 Å². The molecule has 7 heteroatoms. The Hall–Kier alpha value is -1.47. The zero-order valence-electron chi connectivity index (χ0n) is 9.19. The summed E-state index contributed by atoms with van der Waals surface area (Å²) in [5.74, 6) is 0.134. The van der Waals surface area contributed by atoms with Gasteiger partial charge >= 0.3 is 0 Å². The van der Waals surface area contributed by atoms with Gasteiger partial charge in [0, 0.05) is 20.7 Å². The van der Waals surface area contributed by atoms with Gasteiger partial charge in [-0.25, -0.2) is 0 Å². The Morgan fingerprint density at radius 1 is 1.69 bits per heavy atom. The van der Waals surface area contributed by atoms with Gasteiger partial charge in [0.25, 0.3) is 11.7 Å². The summed E-state index contributed by atoms with van der Waals surface area (Å²) >= 11 is 0. The lowest BCUT2D eigenvalue weighted by molar-refractivity contribution is 0.0949. The van der Waals surface area contributed by atoms with Crippen molar-refractivity contribution in [2.24, 2.45) is 0 Å². The van der Waals surface area contributed by atoms with Crippen LogP contribution in [0.4, 0.5) is 0 Å². The zero-order valence-corrected chi connectivity index (χ0v) is 9.19. The lowest BCUT2D eigenvalue weighted by atomic mass is 10.2. The number of methoxy groups -OCH3 is 1. The van der Waals surface area contributed by atoms with Crippen LogP contribution in [0.5, 0.6) is 0 Å². The molecule has 0 aromatic carbocycles. The number of nitrogens with zero attached hydrogens (tertiary/aromatic N) is 2. The molecule has 88 valence electrons. The molecule has 2 heterocycles. The maximum absolute atomic E-state index is 11.2. The molecule has 0 radical (unpaired) electrons. The fraction of sp³-hybridized carbons (Fsp3) is 0.667. The molecule has 1 saturated heterocycles. The van der Waals surface area contributed by atoms with Gasteiger partial charge in [0.05, 0.1) is 12.1 Å². The van der Waals surface area contributed by atoms with Crippen molar-refractivity contribution in [2.45, 2.75) is 18.6 Å². The van der Waals surface area contributed by atoms with E-state index in [0.717, 1.165) is 13.0 Å². The number of hydrogen-bond donors (Lipinski definition) is 2. The number of rotatable bonds is 3. The fourth-order valence-electron chi connectivity index (χ4n) is 1.65. The summed E-state index contributed by atoms with van der Waals surface area (Å²) in [5.41, 5.74) is 0. The molecule has 16 heavy (non-hydrogen) atoms. The lowest BCUT2D eigenvalue weighted by Crippen LogP contribution is -2.20. The average molecular weight is 226 g/mol. The largest absolute Gasteiger partial charge is 0.380 e. The van der Waals surface area contributed by atoms with E-state index in [1.165, 1.54) is 7.05 Å². The van der Waals surface area contributed by atoms with E-state index in [1.54, 1.807) is 7.11 Å². The Morgan fingerprint density at radius 3 is 3.12 bits per heavy atom. The first-order chi connectivity index (χ1) is 7.74. The molecule has 2 atom stereocenters. The molecule has 1 fully saturated rings. The van der Waals surface area contributed by atoms with Crippen molar-refractivity contribution in [1.29, 1.82) is 0 Å². The van der Waals surface area contributed by atoms with E-state index in [9.17, 15) is 4.79 Å². The number of amides is 1. The Bertz CT molecular complexity index is 379. The highest BCUT2D eigenvalue weighted by atomic mass is 16.5. The van der Waals surface area contributed by atoms with Gasteiger partial charge < -0.3 is 19.9 Å². The molecule has 1 aromatic heterocycles. The monoisotopic (exact) mass is 226 g/mol. The van der Waals surface area contributed by atoms with E-state index in [4.69, 9.17) is 9.26 Å². The van der Waals surface area contributed by atoms with Gasteiger partial charge in [0.1, 0.15) is 0 Å². The third-order valence-corrected chi connectivity index (χ3v) is 2.59. The van der Waals surface area contributed by atoms with E-state index >= 15 is 0 Å². The van der Waals surface area contributed by atoms with Crippen LogP contribution in [0.2, 0.25) is 0 Å². The van der Waals surface area contributed by atoms with Crippen LogP contribution >= 0.6 is 0 Å². The molecule has 2 N–H and O–H groups in total. The van der Waals surface area contributed by atoms with Crippen molar-refractivity contribution in [3.63, 3.8) is 0 Å². The molecule has 1 aromatic rings. The molecule has 0 aliphatic carbocycles. The number of nitrogens with one attached hydrogen (secondary N) is 2. The summed E-state index contributed by atoms with van der Waals surface area (Å²) < 4.78 is 10.2. The average Bonchev–Trinajstić information content (AvgIpc) is 2.95. The second-order valence-electron chi connectivity index (χ2n) is 3.59. The van der Waals surface area contributed by atoms with E-state index in [-0.39, 0.29) is 23.9 Å². The third-order valence-electron chi connectivity index (χ3n) is 2.59. The maximum atomic E-state index is 11.2. The van der Waals surface area contributed by atoms with E-state index in [0.29, 0.717) is 5.89 Å². The first-order valence-electron chi connectivity index (χ1n) is 5.06. The molecule has 2 rings (SSSR count). The summed E-state index contributed by atoms with van der Waals surface area (Å²) in [7, 11) is 3.19. The minimum absolute atomic E-state index is 0.0316. The maximum Gasteiger partial charge on any atom is 0.292 e. The molecule has 0 saturated carbocycles. The van der Waals surface area contributed by atoms with Crippen molar-refractivity contribution in [3.8, 4) is 0 Å². The van der Waals surface area contributed by atoms with Crippen molar-refractivity contribution in [2.75, 3.05) is 20.7 Å². The van der Waals surface area contributed by atoms with Gasteiger partial charge in [-0.05, 0) is 6.42 Å². The van der Waals surface area contributed by atoms with E-state index < -0.39 is 0 Å². The summed E-state index contributed by atoms with van der Waals surface area (Å²) in [4.78, 5) is 15.2. The number of aromatic nitrogens is 2. The Morgan fingerprint density at radius 2 is 2.50 bits per heavy atom. The minimum Gasteiger partial charge on any atom is -0.380 e. The van der Waals surface area contributed by atoms with Crippen LogP contribution in [-0.2, 0) is 4.74 Å². The lowest BCUT2D eigenvalue weighted by Gasteiger charge is -2.04. The SMILES string of the molecule is CNC(=O)c1noc(C2CC(OC)CN2)n1. The second kappa shape index (κ2) is 4.58. The molecule has 1 aliphatic heterocycles. The number of ether oxygens (including phenoxy) is 1. The van der Waals surface area contributed by atoms with Crippen LogP contribution in [0, 0.1) is 0 Å². The highest BCUT2D eigenvalue weighted by Crippen LogP contribution is 2.23. The standard InChI is InChI=1S/C9H14N4O3/c1-10-8(14)7-12-9(16-13-7)6-3-5(15-2)4-11-6/h5-6,11H,3-4H2,1-2H3,(H,10,14). The molecule has 0 bridgehead atoms. The van der Waals surface area contributed by atoms with E-state index in [2.05, 4.69) is 20.8 Å². The first kappa shape index (κ1) is 11.0. The van der Waals surface area contributed by atoms with Crippen LogP contribution in [0.3, 0.4) is 0 Å². The zero-order chi connectivity index (χ0) is 11.5. The minimum atomic E-state index is -0.351. The van der Waals surface area contributed by atoms with E-state index in [1.807, 2.05) is 0 Å². The smallest absolute Gasteiger partial charge is 0.292 e. The molecule has 2 unspecified atom stereocenters. The predicted octanol–water partition coefficient (Wildman–Crippen LogP) is -0.521. The van der Waals surface area contributed by atoms with Gasteiger partial charge in [-0.3, -0.25) is 4.79 Å². The quantitative estimate of drug-likeness (QED) is 0.720. The Balaban J connectivity index is 2.05. The predicted molar refractivity (Wildman–Crippen MR) is 53.8 cm³/mol. The summed E-state index contributed by atoms with van der Waals surface area (Å²) in [6.45, 7) is 0.749. The molecule has 7 nitrogen and oxygen atoms in total. The highest BCUT2D eigenvalue weighted by molar-refractivity contribution is 5.89. The van der Waals surface area contributed by atoms with Crippen LogP contribution in [0.15, 0.2) is 4.52 Å². The van der Waals surface area contributed by atoms with Crippen LogP contribution in [0.1, 0.15) is 29.0 Å². The Labute approximate surface area is 92.5 Å². The summed E-state index contributed by atoms with van der Waals surface area (Å²) in [5, 5.41) is 9.23. The van der Waals surface area contributed by atoms with Crippen molar-refractivity contribution < 1.29 is 14.1 Å². The number of carbonyl (C=O) groups excluding carboxylic acids is 1. The Kier molecular flexibility index (Phi) is 3.16. The first-order valence-corrected chi connectivity index (χ1v) is 5.06. The van der Waals surface area contributed by atoms with Crippen molar-refractivity contribution >= 4 is 5.91 Å². The molecule has 1 aliphatic rings. The molecular weight excluding hydrogens is 212 g/mol. The summed E-state index contributed by atoms with van der Waals surface area (Å²) in [6, 6.07) is -0.0316. The molecule has 1 amide bonds. The number of hydrogen-bond acceptors (Lipinski definition) is 6. The highest BCUT2D eigenvalue weighted by Gasteiger charge is 2.29. The normalized spacial score (nSPS) is 24.6. The third kappa shape index (κ3) is 2.05. The van der Waals surface area contributed by atoms with Gasteiger partial charge in [-0.15, -0.1) is 0 Å². The number of carbonyl (C=O) groups is 1. The van der Waals surface area contributed by atoms with Crippen LogP contribution in [0.25, 0.3) is 0 Å². The van der Waals surface area contributed by atoms with Crippen molar-refractivity contribution in [3.05, 3.63) is 11.7 Å². The van der Waals surface area contributed by atoms with Gasteiger partial charge in [0.15, 0.2) is 0 Å². The fourth-order valence-corrected chi connectivity index (χ4v) is 1.65. The van der Waals surface area contributed by atoms with Crippen LogP contribution in [-0.4, -0.2) is 42.9 Å². The summed E-state index contributed by atoms with van der Waals surface area (Å²) in [6.07, 6.45) is 0.923. The van der Waals surface area contributed by atoms with Crippen LogP contribution < -0.4 is 10.6 Å². The molecule has 0 spiro atoms. The van der Waals surface area contributed by atoms with Gasteiger partial charge in [-0.2, -0.15) is 4.98 Å². The molecular formula is C9H14N4O3. The van der Waals surface area contributed by atoms with Gasteiger partial charge in [-0.1, -0.05) is 5.16 Å². The van der Waals surface area contributed by atoms with Gasteiger partial charge in [0.2, 0.25) is 5.89 Å².